The number of sulfone groups is 1. The molecule has 1 unspecified atom stereocenters. The summed E-state index contributed by atoms with van der Waals surface area (Å²) < 4.78 is 29.6. The molecule has 2 saturated heterocycles. The van der Waals surface area contributed by atoms with Crippen LogP contribution in [0.3, 0.4) is 0 Å². The van der Waals surface area contributed by atoms with E-state index in [1.54, 1.807) is 20.1 Å². The summed E-state index contributed by atoms with van der Waals surface area (Å²) in [5, 5.41) is 3.34. The Balaban J connectivity index is 1.78. The molecule has 1 atom stereocenters. The number of furan rings is 1. The fourth-order valence-corrected chi connectivity index (χ4v) is 5.21. The Morgan fingerprint density at radius 1 is 1.33 bits per heavy atom. The van der Waals surface area contributed by atoms with Crippen LogP contribution in [0.25, 0.3) is 0 Å². The number of aliphatic imine (C=N–C) groups is 1. The molecule has 0 bridgehead atoms. The van der Waals surface area contributed by atoms with Crippen LogP contribution in [0, 0.1) is 0 Å². The van der Waals surface area contributed by atoms with Crippen molar-refractivity contribution in [1.29, 1.82) is 0 Å². The monoisotopic (exact) mass is 396 g/mol. The van der Waals surface area contributed by atoms with Crippen LogP contribution < -0.4 is 5.32 Å². The molecule has 1 aromatic heterocycles. The van der Waals surface area contributed by atoms with Gasteiger partial charge in [-0.2, -0.15) is 0 Å². The maximum Gasteiger partial charge on any atom is 0.194 e. The molecular weight excluding hydrogens is 364 g/mol. The average molecular weight is 397 g/mol. The summed E-state index contributed by atoms with van der Waals surface area (Å²) in [4.78, 5) is 9.39. The third-order valence-corrected chi connectivity index (χ3v) is 8.08. The Labute approximate surface area is 162 Å². The van der Waals surface area contributed by atoms with Gasteiger partial charge < -0.3 is 14.6 Å². The quantitative estimate of drug-likeness (QED) is 0.605. The molecule has 0 radical (unpaired) electrons. The smallest absolute Gasteiger partial charge is 0.194 e. The van der Waals surface area contributed by atoms with Crippen LogP contribution in [0.2, 0.25) is 0 Å². The molecule has 1 aromatic rings. The zero-order valence-corrected chi connectivity index (χ0v) is 17.5. The van der Waals surface area contributed by atoms with Gasteiger partial charge in [-0.15, -0.1) is 0 Å². The van der Waals surface area contributed by atoms with Gasteiger partial charge in [-0.25, -0.2) is 8.42 Å². The van der Waals surface area contributed by atoms with E-state index in [9.17, 15) is 8.42 Å². The van der Waals surface area contributed by atoms with E-state index < -0.39 is 14.6 Å². The number of likely N-dealkylation sites (tertiary alicyclic amines) is 1. The van der Waals surface area contributed by atoms with Crippen LogP contribution >= 0.6 is 0 Å². The number of rotatable bonds is 5. The average Bonchev–Trinajstić information content (AvgIpc) is 3.31. The van der Waals surface area contributed by atoms with Crippen LogP contribution in [0.5, 0.6) is 0 Å². The van der Waals surface area contributed by atoms with E-state index in [4.69, 9.17) is 9.41 Å². The first-order valence-electron chi connectivity index (χ1n) is 9.87. The Hall–Kier alpha value is -1.54. The van der Waals surface area contributed by atoms with Crippen molar-refractivity contribution in [1.82, 2.24) is 15.1 Å². The second-order valence-corrected chi connectivity index (χ2v) is 10.7. The molecule has 0 spiro atoms. The standard InChI is InChI=1S/C19H32N4O3S/c1-4-20-18(23-11-13-27(24,25)19(2,3)15-23)21-14-16(17-8-7-12-26-17)22-9-5-6-10-22/h7-8,12,16H,4-6,9-11,13-15H2,1-3H3,(H,20,21). The third-order valence-electron chi connectivity index (χ3n) is 5.54. The minimum Gasteiger partial charge on any atom is -0.468 e. The molecule has 3 heterocycles. The highest BCUT2D eigenvalue weighted by Crippen LogP contribution is 2.27. The van der Waals surface area contributed by atoms with Crippen LogP contribution in [0.1, 0.15) is 45.4 Å². The van der Waals surface area contributed by atoms with Gasteiger partial charge in [-0.05, 0) is 58.8 Å². The molecule has 7 nitrogen and oxygen atoms in total. The normalized spacial score (nSPS) is 24.1. The number of nitrogens with one attached hydrogen (secondary N) is 1. The molecule has 0 saturated carbocycles. The summed E-state index contributed by atoms with van der Waals surface area (Å²) in [7, 11) is -3.07. The predicted octanol–water partition coefficient (Wildman–Crippen LogP) is 1.89. The molecule has 2 aliphatic rings. The van der Waals surface area contributed by atoms with Crippen molar-refractivity contribution in [2.75, 3.05) is 45.0 Å². The summed E-state index contributed by atoms with van der Waals surface area (Å²) in [6, 6.07) is 4.06. The van der Waals surface area contributed by atoms with Gasteiger partial charge in [0.05, 0.1) is 29.3 Å². The minimum absolute atomic E-state index is 0.123. The van der Waals surface area contributed by atoms with Gasteiger partial charge in [0.1, 0.15) is 5.76 Å². The van der Waals surface area contributed by atoms with Crippen molar-refractivity contribution < 1.29 is 12.8 Å². The van der Waals surface area contributed by atoms with Crippen LogP contribution in [0.15, 0.2) is 27.8 Å². The van der Waals surface area contributed by atoms with E-state index in [1.165, 1.54) is 12.8 Å². The molecule has 2 fully saturated rings. The van der Waals surface area contributed by atoms with Gasteiger partial charge in [0.25, 0.3) is 0 Å². The molecule has 0 aromatic carbocycles. The summed E-state index contributed by atoms with van der Waals surface area (Å²) in [6.07, 6.45) is 4.13. The fraction of sp³-hybridized carbons (Fsp3) is 0.737. The van der Waals surface area contributed by atoms with E-state index in [2.05, 4.69) is 15.1 Å². The summed E-state index contributed by atoms with van der Waals surface area (Å²) in [5.41, 5.74) is 0. The Bertz CT molecular complexity index is 737. The van der Waals surface area contributed by atoms with Crippen LogP contribution in [0.4, 0.5) is 0 Å². The SMILES string of the molecule is CCNC(=NCC(c1ccco1)N1CCCC1)N1CCS(=O)(=O)C(C)(C)C1. The number of hydrogen-bond acceptors (Lipinski definition) is 5. The lowest BCUT2D eigenvalue weighted by Gasteiger charge is -2.39. The first-order valence-corrected chi connectivity index (χ1v) is 11.5. The van der Waals surface area contributed by atoms with Crippen LogP contribution in [-0.4, -0.2) is 73.9 Å². The molecule has 8 heteroatoms. The van der Waals surface area contributed by atoms with Crippen molar-refractivity contribution >= 4 is 15.8 Å². The summed E-state index contributed by atoms with van der Waals surface area (Å²) in [5.74, 6) is 1.90. The molecular formula is C19H32N4O3S. The number of guanidine groups is 1. The highest BCUT2D eigenvalue weighted by molar-refractivity contribution is 7.92. The topological polar surface area (TPSA) is 78.2 Å². The first kappa shape index (κ1) is 20.2. The maximum atomic E-state index is 12.3. The zero-order valence-electron chi connectivity index (χ0n) is 16.6. The lowest BCUT2D eigenvalue weighted by molar-refractivity contribution is 0.220. The Morgan fingerprint density at radius 3 is 2.67 bits per heavy atom. The lowest BCUT2D eigenvalue weighted by atomic mass is 10.2. The van der Waals surface area contributed by atoms with Gasteiger partial charge in [0.15, 0.2) is 15.8 Å². The Morgan fingerprint density at radius 2 is 2.07 bits per heavy atom. The zero-order chi connectivity index (χ0) is 19.5. The van der Waals surface area contributed by atoms with Gasteiger partial charge >= 0.3 is 0 Å². The Kier molecular flexibility index (Phi) is 6.15. The molecule has 1 N–H and O–H groups in total. The van der Waals surface area contributed by atoms with Gasteiger partial charge in [0, 0.05) is 19.6 Å². The second-order valence-electron chi connectivity index (χ2n) is 7.97. The van der Waals surface area contributed by atoms with E-state index in [1.807, 2.05) is 19.1 Å². The number of hydrogen-bond donors (Lipinski definition) is 1. The second kappa shape index (κ2) is 8.22. The van der Waals surface area contributed by atoms with Crippen LogP contribution in [-0.2, 0) is 9.84 Å². The maximum absolute atomic E-state index is 12.3. The molecule has 2 aliphatic heterocycles. The molecule has 152 valence electrons. The van der Waals surface area contributed by atoms with Gasteiger partial charge in [-0.1, -0.05) is 0 Å². The van der Waals surface area contributed by atoms with Gasteiger partial charge in [0.2, 0.25) is 0 Å². The van der Waals surface area contributed by atoms with E-state index in [0.29, 0.717) is 19.6 Å². The van der Waals surface area contributed by atoms with Crippen molar-refractivity contribution in [2.45, 2.75) is 44.4 Å². The summed E-state index contributed by atoms with van der Waals surface area (Å²) in [6.45, 7) is 10.0. The fourth-order valence-electron chi connectivity index (χ4n) is 3.84. The molecule has 3 rings (SSSR count). The summed E-state index contributed by atoms with van der Waals surface area (Å²) >= 11 is 0. The van der Waals surface area contributed by atoms with Gasteiger partial charge in [-0.3, -0.25) is 9.89 Å². The lowest BCUT2D eigenvalue weighted by Crippen LogP contribution is -2.57. The third kappa shape index (κ3) is 4.48. The van der Waals surface area contributed by atoms with Crippen molar-refractivity contribution in [3.63, 3.8) is 0 Å². The van der Waals surface area contributed by atoms with Crippen molar-refractivity contribution in [3.8, 4) is 0 Å². The van der Waals surface area contributed by atoms with Crippen molar-refractivity contribution in [3.05, 3.63) is 24.2 Å². The minimum atomic E-state index is -3.07. The molecule has 27 heavy (non-hydrogen) atoms. The van der Waals surface area contributed by atoms with E-state index in [0.717, 1.165) is 31.4 Å². The van der Waals surface area contributed by atoms with E-state index in [-0.39, 0.29) is 11.8 Å². The molecule has 0 aliphatic carbocycles. The molecule has 0 amide bonds. The first-order chi connectivity index (χ1) is 12.8. The highest BCUT2D eigenvalue weighted by atomic mass is 32.2. The van der Waals surface area contributed by atoms with E-state index >= 15 is 0 Å². The predicted molar refractivity (Wildman–Crippen MR) is 108 cm³/mol. The number of nitrogens with zero attached hydrogens (tertiary/aromatic N) is 3. The highest BCUT2D eigenvalue weighted by Gasteiger charge is 2.41. The largest absolute Gasteiger partial charge is 0.468 e. The van der Waals surface area contributed by atoms with Crippen molar-refractivity contribution in [2.24, 2.45) is 4.99 Å².